The zero-order valence-electron chi connectivity index (χ0n) is 10.2. The summed E-state index contributed by atoms with van der Waals surface area (Å²) in [6, 6.07) is 1.46. The number of carboxylic acids is 1. The molecule has 0 aliphatic heterocycles. The molecule has 4 nitrogen and oxygen atoms in total. The van der Waals surface area contributed by atoms with Gasteiger partial charge in [0.15, 0.2) is 0 Å². The SMILES string of the molecule is CCN(C(=O)c1cc(Cl)sc1Cl)C(C)(C)C(=O)O. The minimum absolute atomic E-state index is 0.239. The van der Waals surface area contributed by atoms with Crippen LogP contribution in [0.2, 0.25) is 8.67 Å². The zero-order valence-corrected chi connectivity index (χ0v) is 12.5. The van der Waals surface area contributed by atoms with E-state index in [4.69, 9.17) is 28.3 Å². The Balaban J connectivity index is 3.15. The fourth-order valence-electron chi connectivity index (χ4n) is 1.54. The van der Waals surface area contributed by atoms with Crippen LogP contribution in [0.3, 0.4) is 0 Å². The van der Waals surface area contributed by atoms with Crippen LogP contribution in [-0.4, -0.2) is 34.0 Å². The normalized spacial score (nSPS) is 11.4. The van der Waals surface area contributed by atoms with Gasteiger partial charge < -0.3 is 10.0 Å². The van der Waals surface area contributed by atoms with Crippen molar-refractivity contribution in [3.63, 3.8) is 0 Å². The Morgan fingerprint density at radius 2 is 2.00 bits per heavy atom. The van der Waals surface area contributed by atoms with Crippen LogP contribution in [0.5, 0.6) is 0 Å². The maximum Gasteiger partial charge on any atom is 0.329 e. The van der Waals surface area contributed by atoms with Gasteiger partial charge in [-0.3, -0.25) is 4.79 Å². The molecule has 0 aliphatic carbocycles. The Hall–Kier alpha value is -0.780. The summed E-state index contributed by atoms with van der Waals surface area (Å²) < 4.78 is 0.664. The van der Waals surface area contributed by atoms with Crippen molar-refractivity contribution in [2.75, 3.05) is 6.54 Å². The molecule has 0 unspecified atom stereocenters. The Morgan fingerprint density at radius 3 is 2.33 bits per heavy atom. The summed E-state index contributed by atoms with van der Waals surface area (Å²) in [6.07, 6.45) is 0. The number of likely N-dealkylation sites (N-methyl/N-ethyl adjacent to an activating group) is 1. The first kappa shape index (κ1) is 15.3. The van der Waals surface area contributed by atoms with Crippen molar-refractivity contribution >= 4 is 46.4 Å². The van der Waals surface area contributed by atoms with E-state index in [1.807, 2.05) is 0 Å². The molecule has 7 heteroatoms. The van der Waals surface area contributed by atoms with Crippen LogP contribution < -0.4 is 0 Å². The predicted molar refractivity (Wildman–Crippen MR) is 72.8 cm³/mol. The van der Waals surface area contributed by atoms with Crippen molar-refractivity contribution in [3.8, 4) is 0 Å². The average Bonchev–Trinajstić information content (AvgIpc) is 2.58. The number of nitrogens with zero attached hydrogens (tertiary/aromatic N) is 1. The molecule has 0 radical (unpaired) electrons. The van der Waals surface area contributed by atoms with Gasteiger partial charge in [-0.2, -0.15) is 0 Å². The third-order valence-corrected chi connectivity index (χ3v) is 4.13. The molecule has 100 valence electrons. The minimum Gasteiger partial charge on any atom is -0.480 e. The van der Waals surface area contributed by atoms with E-state index in [0.717, 1.165) is 11.3 Å². The van der Waals surface area contributed by atoms with Crippen LogP contribution >= 0.6 is 34.5 Å². The molecule has 0 fully saturated rings. The van der Waals surface area contributed by atoms with E-state index in [0.29, 0.717) is 4.34 Å². The molecule has 1 heterocycles. The van der Waals surface area contributed by atoms with Gasteiger partial charge in [-0.15, -0.1) is 11.3 Å². The number of aliphatic carboxylic acids is 1. The lowest BCUT2D eigenvalue weighted by molar-refractivity contribution is -0.147. The Bertz CT molecular complexity index is 485. The number of carbonyl (C=O) groups excluding carboxylic acids is 1. The zero-order chi connectivity index (χ0) is 14.1. The molecule has 18 heavy (non-hydrogen) atoms. The quantitative estimate of drug-likeness (QED) is 0.927. The largest absolute Gasteiger partial charge is 0.480 e. The van der Waals surface area contributed by atoms with E-state index in [9.17, 15) is 9.59 Å². The lowest BCUT2D eigenvalue weighted by atomic mass is 10.0. The van der Waals surface area contributed by atoms with E-state index in [1.165, 1.54) is 24.8 Å². The number of thiophene rings is 1. The molecular formula is C11H13Cl2NO3S. The van der Waals surface area contributed by atoms with Gasteiger partial charge in [-0.05, 0) is 26.8 Å². The number of carboxylic acid groups (broad SMARTS) is 1. The van der Waals surface area contributed by atoms with Crippen molar-refractivity contribution < 1.29 is 14.7 Å². The van der Waals surface area contributed by atoms with Crippen molar-refractivity contribution in [1.29, 1.82) is 0 Å². The van der Waals surface area contributed by atoms with Gasteiger partial charge in [0.2, 0.25) is 0 Å². The molecule has 0 spiro atoms. The van der Waals surface area contributed by atoms with Crippen LogP contribution in [0.25, 0.3) is 0 Å². The fraction of sp³-hybridized carbons (Fsp3) is 0.455. The highest BCUT2D eigenvalue weighted by atomic mass is 35.5. The summed E-state index contributed by atoms with van der Waals surface area (Å²) in [6.45, 7) is 4.92. The van der Waals surface area contributed by atoms with E-state index in [-0.39, 0.29) is 16.4 Å². The van der Waals surface area contributed by atoms with Crippen molar-refractivity contribution in [2.45, 2.75) is 26.3 Å². The molecule has 1 N–H and O–H groups in total. The van der Waals surface area contributed by atoms with Crippen molar-refractivity contribution in [1.82, 2.24) is 4.90 Å². The first-order valence-corrected chi connectivity index (χ1v) is 6.79. The Labute approximate surface area is 119 Å². The van der Waals surface area contributed by atoms with Crippen LogP contribution in [-0.2, 0) is 4.79 Å². The van der Waals surface area contributed by atoms with Gasteiger partial charge in [-0.25, -0.2) is 4.79 Å². The monoisotopic (exact) mass is 309 g/mol. The first-order valence-electron chi connectivity index (χ1n) is 5.22. The van der Waals surface area contributed by atoms with Gasteiger partial charge >= 0.3 is 5.97 Å². The fourth-order valence-corrected chi connectivity index (χ4v) is 2.99. The molecule has 1 aromatic rings. The molecule has 1 aromatic heterocycles. The average molecular weight is 310 g/mol. The Morgan fingerprint density at radius 1 is 1.44 bits per heavy atom. The van der Waals surface area contributed by atoms with Gasteiger partial charge in [0.1, 0.15) is 9.88 Å². The lowest BCUT2D eigenvalue weighted by Gasteiger charge is -2.34. The van der Waals surface area contributed by atoms with Crippen LogP contribution in [0.4, 0.5) is 0 Å². The molecule has 0 aliphatic rings. The number of carbonyl (C=O) groups is 2. The molecular weight excluding hydrogens is 297 g/mol. The third-order valence-electron chi connectivity index (χ3n) is 2.65. The maximum absolute atomic E-state index is 12.3. The molecule has 0 atom stereocenters. The number of hydrogen-bond acceptors (Lipinski definition) is 3. The summed E-state index contributed by atoms with van der Waals surface area (Å²) in [7, 11) is 0. The van der Waals surface area contributed by atoms with Gasteiger partial charge in [-0.1, -0.05) is 23.2 Å². The first-order chi connectivity index (χ1) is 8.21. The topological polar surface area (TPSA) is 57.6 Å². The van der Waals surface area contributed by atoms with Crippen LogP contribution in [0.1, 0.15) is 31.1 Å². The van der Waals surface area contributed by atoms with Gasteiger partial charge in [0.05, 0.1) is 9.90 Å². The molecule has 1 amide bonds. The number of halogens is 2. The summed E-state index contributed by atoms with van der Waals surface area (Å²) >= 11 is 12.8. The Kier molecular flexibility index (Phi) is 4.64. The van der Waals surface area contributed by atoms with Crippen LogP contribution in [0.15, 0.2) is 6.07 Å². The smallest absolute Gasteiger partial charge is 0.329 e. The summed E-state index contributed by atoms with van der Waals surface area (Å²) in [5.41, 5.74) is -1.06. The van der Waals surface area contributed by atoms with Crippen LogP contribution in [0, 0.1) is 0 Å². The second-order valence-corrected chi connectivity index (χ2v) is 6.44. The number of hydrogen-bond donors (Lipinski definition) is 1. The lowest BCUT2D eigenvalue weighted by Crippen LogP contribution is -2.52. The summed E-state index contributed by atoms with van der Waals surface area (Å²) in [4.78, 5) is 24.7. The number of rotatable bonds is 4. The second-order valence-electron chi connectivity index (χ2n) is 4.15. The predicted octanol–water partition coefficient (Wildman–Crippen LogP) is 3.38. The van der Waals surface area contributed by atoms with Gasteiger partial charge in [0.25, 0.3) is 5.91 Å². The second kappa shape index (κ2) is 5.47. The summed E-state index contributed by atoms with van der Waals surface area (Å²) in [5, 5.41) is 9.16. The number of amides is 1. The molecule has 0 bridgehead atoms. The van der Waals surface area contributed by atoms with E-state index in [2.05, 4.69) is 0 Å². The highest BCUT2D eigenvalue weighted by Gasteiger charge is 2.38. The molecule has 0 saturated heterocycles. The highest BCUT2D eigenvalue weighted by Crippen LogP contribution is 2.33. The van der Waals surface area contributed by atoms with Crippen molar-refractivity contribution in [2.24, 2.45) is 0 Å². The maximum atomic E-state index is 12.3. The van der Waals surface area contributed by atoms with Crippen molar-refractivity contribution in [3.05, 3.63) is 20.3 Å². The van der Waals surface area contributed by atoms with E-state index >= 15 is 0 Å². The van der Waals surface area contributed by atoms with Gasteiger partial charge in [0, 0.05) is 6.54 Å². The van der Waals surface area contributed by atoms with E-state index in [1.54, 1.807) is 6.92 Å². The summed E-state index contributed by atoms with van der Waals surface area (Å²) in [5.74, 6) is -1.51. The molecule has 1 rings (SSSR count). The third kappa shape index (κ3) is 2.79. The molecule has 0 aromatic carbocycles. The van der Waals surface area contributed by atoms with E-state index < -0.39 is 17.4 Å². The minimum atomic E-state index is -1.30. The highest BCUT2D eigenvalue weighted by molar-refractivity contribution is 7.20. The standard InChI is InChI=1S/C11H13Cl2NO3S/c1-4-14(11(2,3)10(16)17)9(15)6-5-7(12)18-8(6)13/h5H,4H2,1-3H3,(H,16,17). The molecule has 0 saturated carbocycles.